The van der Waals surface area contributed by atoms with Gasteiger partial charge in [0.1, 0.15) is 0 Å². The molecule has 0 aliphatic carbocycles. The van der Waals surface area contributed by atoms with Gasteiger partial charge >= 0.3 is 0 Å². The lowest BCUT2D eigenvalue weighted by Gasteiger charge is -2.29. The lowest BCUT2D eigenvalue weighted by molar-refractivity contribution is 0.0820. The molecule has 0 bridgehead atoms. The van der Waals surface area contributed by atoms with E-state index in [-0.39, 0.29) is 6.10 Å². The van der Waals surface area contributed by atoms with Gasteiger partial charge in [0, 0.05) is 37.9 Å². The molecule has 0 aromatic heterocycles. The summed E-state index contributed by atoms with van der Waals surface area (Å²) in [7, 11) is 0. The third-order valence-corrected chi connectivity index (χ3v) is 5.77. The zero-order valence-electron chi connectivity index (χ0n) is 15.8. The van der Waals surface area contributed by atoms with Crippen LogP contribution in [0.4, 0.5) is 5.69 Å². The van der Waals surface area contributed by atoms with Crippen LogP contribution in [0.15, 0.2) is 24.3 Å². The number of hydrogen-bond donors (Lipinski definition) is 2. The van der Waals surface area contributed by atoms with Crippen molar-refractivity contribution in [2.24, 2.45) is 0 Å². The number of hydrogen-bond acceptors (Lipinski definition) is 4. The van der Waals surface area contributed by atoms with Crippen LogP contribution in [0, 0.1) is 0 Å². The third kappa shape index (κ3) is 5.70. The van der Waals surface area contributed by atoms with E-state index in [2.05, 4.69) is 46.3 Å². The van der Waals surface area contributed by atoms with E-state index < -0.39 is 0 Å². The molecule has 0 saturated carbocycles. The molecular formula is C21H35N3O. The zero-order chi connectivity index (χ0) is 17.5. The van der Waals surface area contributed by atoms with Crippen LogP contribution in [0.1, 0.15) is 57.1 Å². The Morgan fingerprint density at radius 2 is 1.72 bits per heavy atom. The van der Waals surface area contributed by atoms with Gasteiger partial charge in [-0.1, -0.05) is 12.1 Å². The highest BCUT2D eigenvalue weighted by Gasteiger charge is 2.16. The summed E-state index contributed by atoms with van der Waals surface area (Å²) in [6.45, 7) is 8.96. The van der Waals surface area contributed by atoms with E-state index in [4.69, 9.17) is 0 Å². The van der Waals surface area contributed by atoms with Crippen LogP contribution in [0.25, 0.3) is 0 Å². The number of nitrogens with zero attached hydrogens (tertiary/aromatic N) is 2. The maximum absolute atomic E-state index is 9.56. The number of likely N-dealkylation sites (tertiary alicyclic amines) is 1. The largest absolute Gasteiger partial charge is 0.393 e. The minimum absolute atomic E-state index is 0.0673. The van der Waals surface area contributed by atoms with Crippen LogP contribution >= 0.6 is 0 Å². The summed E-state index contributed by atoms with van der Waals surface area (Å²) in [6, 6.07) is 9.55. The van der Waals surface area contributed by atoms with Gasteiger partial charge in [0.2, 0.25) is 0 Å². The Kier molecular flexibility index (Phi) is 7.14. The number of benzene rings is 1. The molecule has 0 spiro atoms. The summed E-state index contributed by atoms with van der Waals surface area (Å²) in [5.41, 5.74) is 2.75. The van der Waals surface area contributed by atoms with E-state index in [1.54, 1.807) is 0 Å². The van der Waals surface area contributed by atoms with Crippen molar-refractivity contribution >= 4 is 5.69 Å². The van der Waals surface area contributed by atoms with Crippen molar-refractivity contribution in [1.29, 1.82) is 0 Å². The molecule has 2 fully saturated rings. The Morgan fingerprint density at radius 1 is 1.04 bits per heavy atom. The van der Waals surface area contributed by atoms with Crippen LogP contribution in [-0.4, -0.2) is 55.4 Å². The van der Waals surface area contributed by atoms with Crippen molar-refractivity contribution in [1.82, 2.24) is 10.2 Å². The summed E-state index contributed by atoms with van der Waals surface area (Å²) in [5, 5.41) is 13.2. The van der Waals surface area contributed by atoms with Gasteiger partial charge < -0.3 is 20.2 Å². The van der Waals surface area contributed by atoms with E-state index >= 15 is 0 Å². The maximum Gasteiger partial charge on any atom is 0.0564 e. The molecular weight excluding hydrogens is 310 g/mol. The Hall–Kier alpha value is -1.10. The number of aliphatic hydroxyl groups is 1. The SMILES string of the molecule is CC(NCCCN1CCC(O)CC1)c1ccc(N2CCCCC2)cc1. The highest BCUT2D eigenvalue weighted by Crippen LogP contribution is 2.22. The number of aliphatic hydroxyl groups excluding tert-OH is 1. The van der Waals surface area contributed by atoms with Gasteiger partial charge in [0.15, 0.2) is 0 Å². The molecule has 25 heavy (non-hydrogen) atoms. The Labute approximate surface area is 153 Å². The second-order valence-corrected chi connectivity index (χ2v) is 7.74. The van der Waals surface area contributed by atoms with Crippen molar-refractivity contribution in [2.45, 2.75) is 57.6 Å². The minimum atomic E-state index is -0.0673. The van der Waals surface area contributed by atoms with E-state index in [1.165, 1.54) is 50.0 Å². The molecule has 1 unspecified atom stereocenters. The Morgan fingerprint density at radius 3 is 2.40 bits per heavy atom. The molecule has 2 N–H and O–H groups in total. The number of piperidine rings is 2. The zero-order valence-corrected chi connectivity index (χ0v) is 15.8. The highest BCUT2D eigenvalue weighted by atomic mass is 16.3. The van der Waals surface area contributed by atoms with Crippen molar-refractivity contribution in [3.63, 3.8) is 0 Å². The normalized spacial score (nSPS) is 21.4. The van der Waals surface area contributed by atoms with Gasteiger partial charge in [0.25, 0.3) is 0 Å². The molecule has 1 atom stereocenters. The van der Waals surface area contributed by atoms with Crippen LogP contribution in [0.2, 0.25) is 0 Å². The molecule has 1 aromatic rings. The quantitative estimate of drug-likeness (QED) is 0.745. The van der Waals surface area contributed by atoms with Crippen molar-refractivity contribution in [3.05, 3.63) is 29.8 Å². The van der Waals surface area contributed by atoms with Crippen LogP contribution in [-0.2, 0) is 0 Å². The van der Waals surface area contributed by atoms with E-state index in [0.29, 0.717) is 6.04 Å². The number of rotatable bonds is 7. The standard InChI is InChI=1S/C21H35N3O/c1-18(22-12-5-13-23-16-10-21(25)11-17-23)19-6-8-20(9-7-19)24-14-3-2-4-15-24/h6-9,18,21-22,25H,2-5,10-17H2,1H3. The van der Waals surface area contributed by atoms with Crippen LogP contribution < -0.4 is 10.2 Å². The van der Waals surface area contributed by atoms with Gasteiger partial charge in [-0.15, -0.1) is 0 Å². The molecule has 2 saturated heterocycles. The predicted octanol–water partition coefficient (Wildman–Crippen LogP) is 3.17. The summed E-state index contributed by atoms with van der Waals surface area (Å²) in [6.07, 6.45) is 7.02. The van der Waals surface area contributed by atoms with E-state index in [9.17, 15) is 5.11 Å². The van der Waals surface area contributed by atoms with Gasteiger partial charge in [-0.2, -0.15) is 0 Å². The highest BCUT2D eigenvalue weighted by molar-refractivity contribution is 5.48. The van der Waals surface area contributed by atoms with Gasteiger partial charge in [-0.05, 0) is 76.2 Å². The fourth-order valence-corrected chi connectivity index (χ4v) is 4.01. The fourth-order valence-electron chi connectivity index (χ4n) is 4.01. The molecule has 140 valence electrons. The Bertz CT molecular complexity index is 490. The molecule has 4 nitrogen and oxygen atoms in total. The monoisotopic (exact) mass is 345 g/mol. The van der Waals surface area contributed by atoms with Gasteiger partial charge in [-0.3, -0.25) is 0 Å². The summed E-state index contributed by atoms with van der Waals surface area (Å²) in [5.74, 6) is 0. The van der Waals surface area contributed by atoms with E-state index in [1.807, 2.05) is 0 Å². The molecule has 2 aliphatic rings. The van der Waals surface area contributed by atoms with Crippen molar-refractivity contribution in [2.75, 3.05) is 44.2 Å². The average molecular weight is 346 g/mol. The molecule has 2 heterocycles. The third-order valence-electron chi connectivity index (χ3n) is 5.77. The Balaban J connectivity index is 1.37. The van der Waals surface area contributed by atoms with Crippen LogP contribution in [0.5, 0.6) is 0 Å². The lowest BCUT2D eigenvalue weighted by atomic mass is 10.1. The topological polar surface area (TPSA) is 38.7 Å². The van der Waals surface area contributed by atoms with Crippen molar-refractivity contribution < 1.29 is 5.11 Å². The van der Waals surface area contributed by atoms with Gasteiger partial charge in [0.05, 0.1) is 6.10 Å². The minimum Gasteiger partial charge on any atom is -0.393 e. The molecule has 1 aromatic carbocycles. The summed E-state index contributed by atoms with van der Waals surface area (Å²) in [4.78, 5) is 4.99. The molecule has 0 radical (unpaired) electrons. The molecule has 3 rings (SSSR count). The first-order valence-electron chi connectivity index (χ1n) is 10.2. The van der Waals surface area contributed by atoms with Crippen LogP contribution in [0.3, 0.4) is 0 Å². The van der Waals surface area contributed by atoms with Gasteiger partial charge in [-0.25, -0.2) is 0 Å². The fraction of sp³-hybridized carbons (Fsp3) is 0.714. The first-order valence-corrected chi connectivity index (χ1v) is 10.2. The van der Waals surface area contributed by atoms with E-state index in [0.717, 1.165) is 39.0 Å². The maximum atomic E-state index is 9.56. The second-order valence-electron chi connectivity index (χ2n) is 7.74. The predicted molar refractivity (Wildman–Crippen MR) is 105 cm³/mol. The molecule has 2 aliphatic heterocycles. The van der Waals surface area contributed by atoms with Crippen molar-refractivity contribution in [3.8, 4) is 0 Å². The lowest BCUT2D eigenvalue weighted by Crippen LogP contribution is -2.37. The smallest absolute Gasteiger partial charge is 0.0564 e. The number of nitrogens with one attached hydrogen (secondary N) is 1. The average Bonchev–Trinajstić information content (AvgIpc) is 2.67. The molecule has 4 heteroatoms. The second kappa shape index (κ2) is 9.56. The number of anilines is 1. The first-order chi connectivity index (χ1) is 12.2. The summed E-state index contributed by atoms with van der Waals surface area (Å²) >= 11 is 0. The first kappa shape index (κ1) is 18.7. The summed E-state index contributed by atoms with van der Waals surface area (Å²) < 4.78 is 0. The molecule has 0 amide bonds.